The fourth-order valence-corrected chi connectivity index (χ4v) is 4.25. The predicted octanol–water partition coefficient (Wildman–Crippen LogP) is 5.63. The van der Waals surface area contributed by atoms with Crippen LogP contribution in [0.5, 0.6) is 5.75 Å². The molecule has 1 aliphatic rings. The molecule has 0 unspecified atom stereocenters. The molecule has 0 radical (unpaired) electrons. The zero-order valence-corrected chi connectivity index (χ0v) is 21.4. The van der Waals surface area contributed by atoms with Gasteiger partial charge in [-0.2, -0.15) is 0 Å². The minimum Gasteiger partial charge on any atom is -0.492 e. The summed E-state index contributed by atoms with van der Waals surface area (Å²) in [7, 11) is 0. The Morgan fingerprint density at radius 2 is 1.91 bits per heavy atom. The van der Waals surface area contributed by atoms with Crippen LogP contribution in [0.3, 0.4) is 0 Å². The Bertz CT molecular complexity index is 1010. The number of amides is 2. The van der Waals surface area contributed by atoms with Crippen LogP contribution in [0.4, 0.5) is 5.69 Å². The molecule has 176 valence electrons. The second kappa shape index (κ2) is 12.1. The molecule has 1 heterocycles. The van der Waals surface area contributed by atoms with Crippen LogP contribution in [0.1, 0.15) is 60.2 Å². The Balaban J connectivity index is 1.57. The average molecular weight is 533 g/mol. The highest BCUT2D eigenvalue weighted by molar-refractivity contribution is 9.10. The number of likely N-dealkylation sites (tertiary alicyclic amines) is 1. The van der Waals surface area contributed by atoms with E-state index in [0.29, 0.717) is 39.6 Å². The summed E-state index contributed by atoms with van der Waals surface area (Å²) in [6.07, 6.45) is 4.08. The first-order chi connectivity index (χ1) is 15.9. The van der Waals surface area contributed by atoms with Crippen LogP contribution < -0.4 is 15.4 Å². The lowest BCUT2D eigenvalue weighted by molar-refractivity contribution is 0.0697. The van der Waals surface area contributed by atoms with E-state index in [1.807, 2.05) is 11.0 Å². The van der Waals surface area contributed by atoms with Crippen molar-refractivity contribution in [3.63, 3.8) is 0 Å². The highest BCUT2D eigenvalue weighted by atomic mass is 79.9. The highest BCUT2D eigenvalue weighted by Gasteiger charge is 2.21. The lowest BCUT2D eigenvalue weighted by Gasteiger charge is -2.30. The molecular formula is C25H30BrN3O3S. The lowest BCUT2D eigenvalue weighted by atomic mass is 9.98. The third kappa shape index (κ3) is 7.27. The summed E-state index contributed by atoms with van der Waals surface area (Å²) in [5, 5.41) is 5.85. The number of carbonyl (C=O) groups excluding carboxylic acids is 2. The predicted molar refractivity (Wildman–Crippen MR) is 139 cm³/mol. The number of anilines is 1. The van der Waals surface area contributed by atoms with Crippen LogP contribution in [-0.4, -0.2) is 41.5 Å². The molecular weight excluding hydrogens is 502 g/mol. The quantitative estimate of drug-likeness (QED) is 0.358. The summed E-state index contributed by atoms with van der Waals surface area (Å²) in [6.45, 7) is 6.52. The second-order valence-corrected chi connectivity index (χ2v) is 9.57. The minimum absolute atomic E-state index is 0.0200. The second-order valence-electron chi connectivity index (χ2n) is 8.31. The molecule has 0 aromatic heterocycles. The maximum absolute atomic E-state index is 12.8. The lowest BCUT2D eigenvalue weighted by Crippen LogP contribution is -2.38. The normalized spacial score (nSPS) is 14.0. The summed E-state index contributed by atoms with van der Waals surface area (Å²) in [5.41, 5.74) is 1.71. The maximum atomic E-state index is 12.8. The first-order valence-corrected chi connectivity index (χ1v) is 12.5. The van der Waals surface area contributed by atoms with E-state index in [9.17, 15) is 9.59 Å². The van der Waals surface area contributed by atoms with Gasteiger partial charge in [0.2, 0.25) is 0 Å². The van der Waals surface area contributed by atoms with E-state index in [1.54, 1.807) is 36.4 Å². The summed E-state index contributed by atoms with van der Waals surface area (Å²) in [6, 6.07) is 12.3. The molecule has 6 nitrogen and oxygen atoms in total. The Morgan fingerprint density at radius 3 is 2.61 bits per heavy atom. The van der Waals surface area contributed by atoms with Gasteiger partial charge in [0.25, 0.3) is 11.8 Å². The van der Waals surface area contributed by atoms with E-state index in [4.69, 9.17) is 17.0 Å². The average Bonchev–Trinajstić information content (AvgIpc) is 2.80. The number of piperidine rings is 1. The van der Waals surface area contributed by atoms with Crippen molar-refractivity contribution in [1.29, 1.82) is 0 Å². The number of thiocarbonyl (C=S) groups is 1. The number of ether oxygens (including phenoxy) is 1. The van der Waals surface area contributed by atoms with Crippen molar-refractivity contribution in [3.05, 3.63) is 58.1 Å². The summed E-state index contributed by atoms with van der Waals surface area (Å²) >= 11 is 8.77. The van der Waals surface area contributed by atoms with Gasteiger partial charge in [0.15, 0.2) is 5.11 Å². The van der Waals surface area contributed by atoms with Crippen LogP contribution in [0.15, 0.2) is 46.9 Å². The fraction of sp³-hybridized carbons (Fsp3) is 0.400. The van der Waals surface area contributed by atoms with Gasteiger partial charge in [-0.1, -0.05) is 26.3 Å². The summed E-state index contributed by atoms with van der Waals surface area (Å²) in [5.74, 6) is 1.05. The zero-order valence-electron chi connectivity index (χ0n) is 19.0. The molecule has 2 N–H and O–H groups in total. The molecule has 1 aliphatic heterocycles. The molecule has 0 bridgehead atoms. The third-order valence-electron chi connectivity index (χ3n) is 5.61. The first kappa shape index (κ1) is 25.2. The number of rotatable bonds is 7. The van der Waals surface area contributed by atoms with Crippen molar-refractivity contribution < 1.29 is 14.3 Å². The summed E-state index contributed by atoms with van der Waals surface area (Å²) < 4.78 is 6.42. The minimum atomic E-state index is -0.331. The number of nitrogens with zero attached hydrogens (tertiary/aromatic N) is 1. The van der Waals surface area contributed by atoms with Gasteiger partial charge < -0.3 is 15.0 Å². The van der Waals surface area contributed by atoms with Crippen molar-refractivity contribution in [2.75, 3.05) is 25.0 Å². The Hall–Kier alpha value is -2.45. The molecule has 0 atom stereocenters. The van der Waals surface area contributed by atoms with Gasteiger partial charge in [0.1, 0.15) is 5.75 Å². The van der Waals surface area contributed by atoms with Crippen LogP contribution in [0, 0.1) is 5.92 Å². The molecule has 2 amide bonds. The monoisotopic (exact) mass is 531 g/mol. The summed E-state index contributed by atoms with van der Waals surface area (Å²) in [4.78, 5) is 27.3. The Morgan fingerprint density at radius 1 is 1.15 bits per heavy atom. The maximum Gasteiger partial charge on any atom is 0.257 e. The smallest absolute Gasteiger partial charge is 0.257 e. The van der Waals surface area contributed by atoms with Crippen LogP contribution in [0.25, 0.3) is 0 Å². The van der Waals surface area contributed by atoms with Gasteiger partial charge in [-0.15, -0.1) is 0 Å². The molecule has 1 fully saturated rings. The number of nitrogens with one attached hydrogen (secondary N) is 2. The molecule has 1 saturated heterocycles. The number of benzene rings is 2. The molecule has 2 aromatic carbocycles. The number of hydrogen-bond donors (Lipinski definition) is 2. The van der Waals surface area contributed by atoms with Crippen molar-refractivity contribution in [3.8, 4) is 5.75 Å². The zero-order chi connectivity index (χ0) is 23.8. The number of hydrogen-bond acceptors (Lipinski definition) is 4. The van der Waals surface area contributed by atoms with Gasteiger partial charge in [-0.25, -0.2) is 0 Å². The van der Waals surface area contributed by atoms with Gasteiger partial charge in [-0.3, -0.25) is 14.9 Å². The van der Waals surface area contributed by atoms with Crippen molar-refractivity contribution in [2.24, 2.45) is 5.92 Å². The Kier molecular flexibility index (Phi) is 9.26. The third-order valence-corrected chi connectivity index (χ3v) is 6.44. The number of halogens is 1. The van der Waals surface area contributed by atoms with E-state index in [0.717, 1.165) is 38.8 Å². The topological polar surface area (TPSA) is 70.7 Å². The van der Waals surface area contributed by atoms with E-state index in [1.165, 1.54) is 0 Å². The van der Waals surface area contributed by atoms with Crippen molar-refractivity contribution in [2.45, 2.75) is 39.5 Å². The van der Waals surface area contributed by atoms with Gasteiger partial charge in [0.05, 0.1) is 11.1 Å². The number of unbranched alkanes of at least 4 members (excludes halogenated alkanes) is 1. The van der Waals surface area contributed by atoms with E-state index in [-0.39, 0.29) is 16.9 Å². The largest absolute Gasteiger partial charge is 0.492 e. The van der Waals surface area contributed by atoms with Gasteiger partial charge in [-0.05, 0) is 89.7 Å². The first-order valence-electron chi connectivity index (χ1n) is 11.3. The van der Waals surface area contributed by atoms with Gasteiger partial charge >= 0.3 is 0 Å². The molecule has 33 heavy (non-hydrogen) atoms. The van der Waals surface area contributed by atoms with E-state index in [2.05, 4.69) is 40.4 Å². The highest BCUT2D eigenvalue weighted by Crippen LogP contribution is 2.26. The van der Waals surface area contributed by atoms with Crippen molar-refractivity contribution in [1.82, 2.24) is 10.2 Å². The molecule has 0 aliphatic carbocycles. The fourth-order valence-electron chi connectivity index (χ4n) is 3.55. The molecule has 0 spiro atoms. The molecule has 2 aromatic rings. The molecule has 3 rings (SSSR count). The van der Waals surface area contributed by atoms with Gasteiger partial charge in [0, 0.05) is 29.9 Å². The van der Waals surface area contributed by atoms with Crippen LogP contribution in [-0.2, 0) is 0 Å². The molecule has 0 saturated carbocycles. The Labute approximate surface area is 209 Å². The standard InChI is InChI=1S/C25H30BrN3O3S/c1-3-4-14-32-22-9-8-18(16-21(22)26)23(30)28-25(33)27-20-7-5-6-19(15-20)24(31)29-12-10-17(2)11-13-29/h5-9,15-17H,3-4,10-14H2,1-2H3,(H2,27,28,30,33). The SMILES string of the molecule is CCCCOc1ccc(C(=O)NC(=S)Nc2cccc(C(=O)N3CCC(C)CC3)c2)cc1Br. The van der Waals surface area contributed by atoms with E-state index < -0.39 is 0 Å². The number of carbonyl (C=O) groups is 2. The van der Waals surface area contributed by atoms with Crippen LogP contribution >= 0.6 is 28.1 Å². The molecule has 8 heteroatoms. The van der Waals surface area contributed by atoms with Crippen LogP contribution in [0.2, 0.25) is 0 Å². The van der Waals surface area contributed by atoms with Crippen molar-refractivity contribution >= 4 is 50.8 Å². The van der Waals surface area contributed by atoms with E-state index >= 15 is 0 Å².